The van der Waals surface area contributed by atoms with Crippen molar-refractivity contribution >= 4 is 23.2 Å². The van der Waals surface area contributed by atoms with Crippen LogP contribution in [0.2, 0.25) is 0 Å². The third-order valence-electron chi connectivity index (χ3n) is 4.02. The van der Waals surface area contributed by atoms with Gasteiger partial charge < -0.3 is 9.64 Å². The van der Waals surface area contributed by atoms with Crippen LogP contribution in [0.25, 0.3) is 0 Å². The molecule has 0 atom stereocenters. The van der Waals surface area contributed by atoms with E-state index in [1.54, 1.807) is 4.90 Å². The first-order valence-electron chi connectivity index (χ1n) is 7.43. The Morgan fingerprint density at radius 2 is 2.05 bits per heavy atom. The maximum Gasteiger partial charge on any atom is 0.258 e. The minimum absolute atomic E-state index is 0.0366. The summed E-state index contributed by atoms with van der Waals surface area (Å²) >= 11 is 5.04. The average Bonchev–Trinajstić information content (AvgIpc) is 2.36. The fraction of sp³-hybridized carbons (Fsp3) is 0.647. The van der Waals surface area contributed by atoms with E-state index in [4.69, 9.17) is 17.0 Å². The normalized spacial score (nSPS) is 17.4. The molecule has 0 bridgehead atoms. The van der Waals surface area contributed by atoms with Gasteiger partial charge in [-0.15, -0.1) is 0 Å². The molecule has 118 valence electrons. The number of allylic oxidation sites excluding steroid dienone is 3. The molecule has 0 radical (unpaired) electrons. The number of Topliss-reactive ketones (excluding diaryl/α,β-unsaturated/α-hetero) is 1. The highest BCUT2D eigenvalue weighted by molar-refractivity contribution is 7.80. The van der Waals surface area contributed by atoms with E-state index in [2.05, 4.69) is 27.4 Å². The molecule has 3 nitrogen and oxygen atoms in total. The van der Waals surface area contributed by atoms with Gasteiger partial charge in [0.2, 0.25) is 0 Å². The van der Waals surface area contributed by atoms with Gasteiger partial charge in [0.05, 0.1) is 6.61 Å². The van der Waals surface area contributed by atoms with Crippen LogP contribution in [0.4, 0.5) is 0 Å². The zero-order valence-electron chi connectivity index (χ0n) is 13.9. The summed E-state index contributed by atoms with van der Waals surface area (Å²) in [5, 5.41) is 0.404. The van der Waals surface area contributed by atoms with E-state index in [0.717, 1.165) is 18.4 Å². The van der Waals surface area contributed by atoms with Crippen molar-refractivity contribution in [2.24, 2.45) is 5.41 Å². The van der Waals surface area contributed by atoms with Crippen LogP contribution in [-0.4, -0.2) is 36.6 Å². The minimum atomic E-state index is 0.0366. The molecule has 1 aliphatic carbocycles. The SMILES string of the molecule is C=C(C(=O)CCOC(=S)N(C)C)C1=C(C)CCCC1(C)C. The van der Waals surface area contributed by atoms with Gasteiger partial charge in [-0.3, -0.25) is 4.79 Å². The van der Waals surface area contributed by atoms with Crippen molar-refractivity contribution in [3.8, 4) is 0 Å². The van der Waals surface area contributed by atoms with E-state index in [1.807, 2.05) is 14.1 Å². The van der Waals surface area contributed by atoms with Crippen LogP contribution in [-0.2, 0) is 9.53 Å². The molecule has 0 N–H and O–H groups in total. The highest BCUT2D eigenvalue weighted by Gasteiger charge is 2.31. The lowest BCUT2D eigenvalue weighted by molar-refractivity contribution is -0.116. The van der Waals surface area contributed by atoms with Gasteiger partial charge in [0, 0.05) is 26.1 Å². The predicted octanol–water partition coefficient (Wildman–Crippen LogP) is 3.89. The summed E-state index contributed by atoms with van der Waals surface area (Å²) in [5.74, 6) is 0.0564. The van der Waals surface area contributed by atoms with E-state index in [-0.39, 0.29) is 11.2 Å². The molecule has 0 aromatic carbocycles. The van der Waals surface area contributed by atoms with E-state index < -0.39 is 0 Å². The van der Waals surface area contributed by atoms with Crippen molar-refractivity contribution in [2.75, 3.05) is 20.7 Å². The second kappa shape index (κ2) is 7.21. The molecule has 0 fully saturated rings. The zero-order chi connectivity index (χ0) is 16.2. The second-order valence-electron chi connectivity index (χ2n) is 6.55. The molecule has 0 saturated heterocycles. The van der Waals surface area contributed by atoms with Crippen molar-refractivity contribution in [3.05, 3.63) is 23.3 Å². The van der Waals surface area contributed by atoms with Gasteiger partial charge in [0.15, 0.2) is 5.78 Å². The van der Waals surface area contributed by atoms with Crippen molar-refractivity contribution in [1.82, 2.24) is 4.90 Å². The quantitative estimate of drug-likeness (QED) is 0.569. The Bertz CT molecular complexity index is 475. The summed E-state index contributed by atoms with van der Waals surface area (Å²) in [4.78, 5) is 14.1. The number of carbonyl (C=O) groups excluding carboxylic acids is 1. The number of nitrogens with zero attached hydrogens (tertiary/aromatic N) is 1. The summed E-state index contributed by atoms with van der Waals surface area (Å²) in [6.07, 6.45) is 3.67. The number of thiocarbonyl (C=S) groups is 1. The number of hydrogen-bond acceptors (Lipinski definition) is 3. The molecule has 21 heavy (non-hydrogen) atoms. The summed E-state index contributed by atoms with van der Waals surface area (Å²) < 4.78 is 5.37. The standard InChI is InChI=1S/C17H27NO2S/c1-12-8-7-10-17(3,4)15(12)13(2)14(19)9-11-20-16(21)18(5)6/h2,7-11H2,1,3-6H3. The van der Waals surface area contributed by atoms with E-state index in [1.165, 1.54) is 12.0 Å². The van der Waals surface area contributed by atoms with Gasteiger partial charge in [-0.1, -0.05) is 26.0 Å². The lowest BCUT2D eigenvalue weighted by atomic mass is 9.69. The smallest absolute Gasteiger partial charge is 0.258 e. The summed E-state index contributed by atoms with van der Waals surface area (Å²) in [6, 6.07) is 0. The molecular formula is C17H27NO2S. The fourth-order valence-electron chi connectivity index (χ4n) is 2.94. The third-order valence-corrected chi connectivity index (χ3v) is 4.50. The Morgan fingerprint density at radius 1 is 1.43 bits per heavy atom. The summed E-state index contributed by atoms with van der Waals surface area (Å²) in [5.41, 5.74) is 3.13. The maximum atomic E-state index is 12.4. The fourth-order valence-corrected chi connectivity index (χ4v) is 3.02. The lowest BCUT2D eigenvalue weighted by Crippen LogP contribution is -2.26. The van der Waals surface area contributed by atoms with Crippen LogP contribution in [0.1, 0.15) is 46.5 Å². The first-order chi connectivity index (χ1) is 9.66. The van der Waals surface area contributed by atoms with Crippen LogP contribution < -0.4 is 0 Å². The molecule has 1 rings (SSSR count). The van der Waals surface area contributed by atoms with Gasteiger partial charge in [0.25, 0.3) is 5.17 Å². The molecule has 0 amide bonds. The van der Waals surface area contributed by atoms with Gasteiger partial charge in [0.1, 0.15) is 0 Å². The Kier molecular flexibility index (Phi) is 6.14. The largest absolute Gasteiger partial charge is 0.470 e. The Hall–Kier alpha value is -1.16. The van der Waals surface area contributed by atoms with Crippen molar-refractivity contribution in [1.29, 1.82) is 0 Å². The number of hydrogen-bond donors (Lipinski definition) is 0. The summed E-state index contributed by atoms with van der Waals surface area (Å²) in [7, 11) is 3.64. The topological polar surface area (TPSA) is 29.5 Å². The monoisotopic (exact) mass is 309 g/mol. The minimum Gasteiger partial charge on any atom is -0.470 e. The van der Waals surface area contributed by atoms with Crippen LogP contribution in [0.3, 0.4) is 0 Å². The zero-order valence-corrected chi connectivity index (χ0v) is 14.7. The van der Waals surface area contributed by atoms with E-state index in [0.29, 0.717) is 23.8 Å². The van der Waals surface area contributed by atoms with Gasteiger partial charge >= 0.3 is 0 Å². The highest BCUT2D eigenvalue weighted by Crippen LogP contribution is 2.43. The average molecular weight is 309 g/mol. The second-order valence-corrected chi connectivity index (χ2v) is 6.90. The predicted molar refractivity (Wildman–Crippen MR) is 91.3 cm³/mol. The van der Waals surface area contributed by atoms with Crippen LogP contribution in [0.5, 0.6) is 0 Å². The molecular weight excluding hydrogens is 282 g/mol. The Labute approximate surface area is 134 Å². The Balaban J connectivity index is 2.66. The lowest BCUT2D eigenvalue weighted by Gasteiger charge is -2.35. The number of rotatable bonds is 5. The highest BCUT2D eigenvalue weighted by atomic mass is 32.1. The van der Waals surface area contributed by atoms with Crippen molar-refractivity contribution in [2.45, 2.75) is 46.5 Å². The molecule has 0 saturated carbocycles. The molecule has 4 heteroatoms. The number of carbonyl (C=O) groups is 1. The van der Waals surface area contributed by atoms with Crippen molar-refractivity contribution < 1.29 is 9.53 Å². The van der Waals surface area contributed by atoms with Crippen molar-refractivity contribution in [3.63, 3.8) is 0 Å². The molecule has 0 aliphatic heterocycles. The molecule has 0 aromatic heterocycles. The first-order valence-corrected chi connectivity index (χ1v) is 7.84. The van der Waals surface area contributed by atoms with Crippen LogP contribution in [0, 0.1) is 5.41 Å². The van der Waals surface area contributed by atoms with E-state index >= 15 is 0 Å². The Morgan fingerprint density at radius 3 is 2.57 bits per heavy atom. The summed E-state index contributed by atoms with van der Waals surface area (Å²) in [6.45, 7) is 10.9. The molecule has 1 aliphatic rings. The van der Waals surface area contributed by atoms with Gasteiger partial charge in [-0.25, -0.2) is 0 Å². The maximum absolute atomic E-state index is 12.4. The molecule has 0 aromatic rings. The first kappa shape index (κ1) is 17.9. The third kappa shape index (κ3) is 4.67. The van der Waals surface area contributed by atoms with Gasteiger partial charge in [-0.2, -0.15) is 0 Å². The molecule has 0 heterocycles. The van der Waals surface area contributed by atoms with Crippen LogP contribution >= 0.6 is 12.2 Å². The number of ketones is 1. The number of ether oxygens (including phenoxy) is 1. The van der Waals surface area contributed by atoms with Gasteiger partial charge in [-0.05, 0) is 49.4 Å². The van der Waals surface area contributed by atoms with E-state index in [9.17, 15) is 4.79 Å². The molecule has 0 spiro atoms. The van der Waals surface area contributed by atoms with Crippen LogP contribution in [0.15, 0.2) is 23.3 Å². The molecule has 0 unspecified atom stereocenters.